The van der Waals surface area contributed by atoms with Gasteiger partial charge in [-0.2, -0.15) is 11.8 Å². The lowest BCUT2D eigenvalue weighted by Crippen LogP contribution is -2.51. The molecule has 32 heavy (non-hydrogen) atoms. The second-order valence-electron chi connectivity index (χ2n) is 8.08. The number of amides is 3. The average Bonchev–Trinajstić information content (AvgIpc) is 2.78. The van der Waals surface area contributed by atoms with Crippen molar-refractivity contribution in [3.8, 4) is 11.1 Å². The summed E-state index contributed by atoms with van der Waals surface area (Å²) >= 11 is 1.55. The average molecular weight is 455 g/mol. The largest absolute Gasteiger partial charge is 0.480 e. The molecule has 0 aliphatic heterocycles. The molecule has 1 saturated carbocycles. The molecule has 1 aliphatic carbocycles. The Bertz CT molecular complexity index is 931. The number of nitrogens with one attached hydrogen (secondary N) is 1. The summed E-state index contributed by atoms with van der Waals surface area (Å²) in [5, 5.41) is 12.1. The van der Waals surface area contributed by atoms with Gasteiger partial charge in [-0.1, -0.05) is 55.8 Å². The van der Waals surface area contributed by atoms with E-state index in [4.69, 9.17) is 0 Å². The summed E-state index contributed by atoms with van der Waals surface area (Å²) in [6, 6.07) is 15.1. The fourth-order valence-corrected chi connectivity index (χ4v) is 4.82. The molecule has 3 rings (SSSR count). The van der Waals surface area contributed by atoms with E-state index in [0.717, 1.165) is 21.8 Å². The molecule has 170 valence electrons. The number of hydrogen-bond acceptors (Lipinski definition) is 4. The van der Waals surface area contributed by atoms with Crippen molar-refractivity contribution in [2.45, 2.75) is 38.6 Å². The van der Waals surface area contributed by atoms with Crippen molar-refractivity contribution < 1.29 is 19.5 Å². The second kappa shape index (κ2) is 11.7. The monoisotopic (exact) mass is 454 g/mol. The van der Waals surface area contributed by atoms with Gasteiger partial charge in [0.25, 0.3) is 5.91 Å². The minimum Gasteiger partial charge on any atom is -0.480 e. The maximum absolute atomic E-state index is 13.2. The van der Waals surface area contributed by atoms with Crippen LogP contribution in [0.3, 0.4) is 0 Å². The van der Waals surface area contributed by atoms with E-state index in [1.54, 1.807) is 30.0 Å². The first-order valence-corrected chi connectivity index (χ1v) is 12.2. The summed E-state index contributed by atoms with van der Waals surface area (Å²) < 4.78 is 0. The number of carboxylic acid groups (broad SMARTS) is 1. The molecule has 3 amide bonds. The standard InChI is InChI=1S/C25H30N2O4S/c1-2-14-27(25(31)26-22(24(29)30)17-32-16-18-8-6-9-18)23(28)21-13-7-12-20(15-21)19-10-4-3-5-11-19/h3-5,7,10-13,15,18,22H,2,6,8-9,14,16-17H2,1H3,(H,26,31)(H,29,30)/t22-/m0/s1. The van der Waals surface area contributed by atoms with Crippen LogP contribution >= 0.6 is 11.8 Å². The molecule has 1 atom stereocenters. The molecule has 2 N–H and O–H groups in total. The SMILES string of the molecule is CCCN(C(=O)N[C@@H](CSCC1CCC1)C(=O)O)C(=O)c1cccc(-c2ccccc2)c1. The van der Waals surface area contributed by atoms with Crippen LogP contribution in [0.25, 0.3) is 11.1 Å². The summed E-state index contributed by atoms with van der Waals surface area (Å²) in [7, 11) is 0. The van der Waals surface area contributed by atoms with E-state index in [1.807, 2.05) is 43.3 Å². The van der Waals surface area contributed by atoms with E-state index in [9.17, 15) is 19.5 Å². The van der Waals surface area contributed by atoms with E-state index < -0.39 is 23.9 Å². The molecular formula is C25H30N2O4S. The van der Waals surface area contributed by atoms with Crippen molar-refractivity contribution in [3.63, 3.8) is 0 Å². The lowest BCUT2D eigenvalue weighted by molar-refractivity contribution is -0.138. The number of carbonyl (C=O) groups excluding carboxylic acids is 2. The topological polar surface area (TPSA) is 86.7 Å². The van der Waals surface area contributed by atoms with Crippen molar-refractivity contribution in [2.24, 2.45) is 5.92 Å². The number of nitrogens with zero attached hydrogens (tertiary/aromatic N) is 1. The number of hydrogen-bond donors (Lipinski definition) is 2. The van der Waals surface area contributed by atoms with Crippen LogP contribution in [0, 0.1) is 5.92 Å². The highest BCUT2D eigenvalue weighted by atomic mass is 32.2. The number of carboxylic acids is 1. The molecule has 0 aromatic heterocycles. The summed E-state index contributed by atoms with van der Waals surface area (Å²) in [4.78, 5) is 38.9. The minimum absolute atomic E-state index is 0.210. The van der Waals surface area contributed by atoms with Gasteiger partial charge < -0.3 is 10.4 Å². The summed E-state index contributed by atoms with van der Waals surface area (Å²) in [5.41, 5.74) is 2.24. The molecule has 0 saturated heterocycles. The van der Waals surface area contributed by atoms with E-state index >= 15 is 0 Å². The zero-order chi connectivity index (χ0) is 22.9. The van der Waals surface area contributed by atoms with Gasteiger partial charge in [0.1, 0.15) is 6.04 Å². The summed E-state index contributed by atoms with van der Waals surface area (Å²) in [6.07, 6.45) is 4.20. The summed E-state index contributed by atoms with van der Waals surface area (Å²) in [6.45, 7) is 2.08. The zero-order valence-corrected chi connectivity index (χ0v) is 19.1. The molecule has 2 aromatic carbocycles. The number of carbonyl (C=O) groups is 3. The first-order chi connectivity index (χ1) is 15.5. The normalized spacial score (nSPS) is 14.3. The van der Waals surface area contributed by atoms with Crippen LogP contribution in [0.15, 0.2) is 54.6 Å². The molecule has 0 heterocycles. The van der Waals surface area contributed by atoms with Gasteiger partial charge in [0.2, 0.25) is 0 Å². The highest BCUT2D eigenvalue weighted by Crippen LogP contribution is 2.29. The third-order valence-electron chi connectivity index (χ3n) is 5.61. The van der Waals surface area contributed by atoms with Crippen LogP contribution < -0.4 is 5.32 Å². The molecule has 0 spiro atoms. The van der Waals surface area contributed by atoms with Crippen LogP contribution in [0.1, 0.15) is 43.0 Å². The van der Waals surface area contributed by atoms with Gasteiger partial charge in [0.15, 0.2) is 0 Å². The third kappa shape index (κ3) is 6.36. The maximum Gasteiger partial charge on any atom is 0.327 e. The van der Waals surface area contributed by atoms with Crippen molar-refractivity contribution in [2.75, 3.05) is 18.1 Å². The molecule has 0 unspecified atom stereocenters. The number of urea groups is 1. The van der Waals surface area contributed by atoms with Crippen molar-refractivity contribution in [3.05, 3.63) is 60.2 Å². The minimum atomic E-state index is -1.09. The Hall–Kier alpha value is -2.80. The Balaban J connectivity index is 1.69. The molecule has 1 fully saturated rings. The first kappa shape index (κ1) is 23.9. The van der Waals surface area contributed by atoms with Crippen LogP contribution in [0.4, 0.5) is 4.79 Å². The lowest BCUT2D eigenvalue weighted by Gasteiger charge is -2.26. The van der Waals surface area contributed by atoms with E-state index in [1.165, 1.54) is 19.3 Å². The molecule has 1 aliphatic rings. The van der Waals surface area contributed by atoms with E-state index in [2.05, 4.69) is 5.32 Å². The van der Waals surface area contributed by atoms with Gasteiger partial charge in [-0.15, -0.1) is 0 Å². The van der Waals surface area contributed by atoms with Gasteiger partial charge in [0, 0.05) is 17.9 Å². The Labute approximate surface area is 193 Å². The van der Waals surface area contributed by atoms with Crippen LogP contribution in [-0.4, -0.2) is 52.0 Å². The Kier molecular flexibility index (Phi) is 8.73. The Morgan fingerprint density at radius 2 is 1.81 bits per heavy atom. The van der Waals surface area contributed by atoms with Gasteiger partial charge >= 0.3 is 12.0 Å². The van der Waals surface area contributed by atoms with Crippen molar-refractivity contribution >= 4 is 29.7 Å². The molecule has 0 bridgehead atoms. The smallest absolute Gasteiger partial charge is 0.327 e. The molecule has 7 heteroatoms. The zero-order valence-electron chi connectivity index (χ0n) is 18.3. The number of benzene rings is 2. The molecular weight excluding hydrogens is 424 g/mol. The Morgan fingerprint density at radius 1 is 1.09 bits per heavy atom. The van der Waals surface area contributed by atoms with Crippen molar-refractivity contribution in [1.29, 1.82) is 0 Å². The highest BCUT2D eigenvalue weighted by molar-refractivity contribution is 7.99. The Morgan fingerprint density at radius 3 is 2.44 bits per heavy atom. The van der Waals surface area contributed by atoms with Crippen LogP contribution in [0.5, 0.6) is 0 Å². The lowest BCUT2D eigenvalue weighted by atomic mass is 9.87. The van der Waals surface area contributed by atoms with E-state index in [0.29, 0.717) is 17.9 Å². The summed E-state index contributed by atoms with van der Waals surface area (Å²) in [5.74, 6) is 0.321. The first-order valence-electron chi connectivity index (χ1n) is 11.1. The number of aliphatic carboxylic acids is 1. The fourth-order valence-electron chi connectivity index (χ4n) is 3.55. The van der Waals surface area contributed by atoms with Gasteiger partial charge in [-0.25, -0.2) is 9.59 Å². The third-order valence-corrected chi connectivity index (χ3v) is 6.89. The second-order valence-corrected chi connectivity index (χ2v) is 9.15. The van der Waals surface area contributed by atoms with Crippen LogP contribution in [0.2, 0.25) is 0 Å². The predicted molar refractivity (Wildman–Crippen MR) is 128 cm³/mol. The number of rotatable bonds is 10. The van der Waals surface area contributed by atoms with Gasteiger partial charge in [0.05, 0.1) is 0 Å². The molecule has 2 aromatic rings. The number of thioether (sulfide) groups is 1. The highest BCUT2D eigenvalue weighted by Gasteiger charge is 2.28. The molecule has 0 radical (unpaired) electrons. The van der Waals surface area contributed by atoms with Crippen molar-refractivity contribution in [1.82, 2.24) is 10.2 Å². The van der Waals surface area contributed by atoms with Gasteiger partial charge in [-0.05, 0) is 54.2 Å². The predicted octanol–water partition coefficient (Wildman–Crippen LogP) is 4.90. The molecule has 6 nitrogen and oxygen atoms in total. The van der Waals surface area contributed by atoms with Crippen LogP contribution in [-0.2, 0) is 4.79 Å². The fraction of sp³-hybridized carbons (Fsp3) is 0.400. The quantitative estimate of drug-likeness (QED) is 0.533. The van der Waals surface area contributed by atoms with E-state index in [-0.39, 0.29) is 12.3 Å². The number of imide groups is 1. The maximum atomic E-state index is 13.2. The van der Waals surface area contributed by atoms with Gasteiger partial charge in [-0.3, -0.25) is 9.69 Å².